The Morgan fingerprint density at radius 3 is 2.92 bits per heavy atom. The maximum Gasteiger partial charge on any atom is 0.176 e. The van der Waals surface area contributed by atoms with Gasteiger partial charge in [0.25, 0.3) is 0 Å². The monoisotopic (exact) mass is 176 g/mol. The van der Waals surface area contributed by atoms with E-state index < -0.39 is 0 Å². The van der Waals surface area contributed by atoms with Crippen LogP contribution in [-0.2, 0) is 6.54 Å². The molecule has 0 aliphatic rings. The van der Waals surface area contributed by atoms with Gasteiger partial charge in [0.15, 0.2) is 11.6 Å². The Labute approximate surface area is 77.0 Å². The molecule has 0 unspecified atom stereocenters. The molecule has 3 nitrogen and oxygen atoms in total. The average Bonchev–Trinajstić information content (AvgIpc) is 2.71. The molecule has 0 bridgehead atoms. The lowest BCUT2D eigenvalue weighted by Crippen LogP contribution is -1.94. The first kappa shape index (κ1) is 8.10. The summed E-state index contributed by atoms with van der Waals surface area (Å²) in [7, 11) is 0. The Morgan fingerprint density at radius 1 is 1.46 bits per heavy atom. The smallest absolute Gasteiger partial charge is 0.176 e. The van der Waals surface area contributed by atoms with E-state index in [1.165, 1.54) is 0 Å². The van der Waals surface area contributed by atoms with Gasteiger partial charge in [-0.15, -0.1) is 0 Å². The minimum absolute atomic E-state index is 0.837. The van der Waals surface area contributed by atoms with Crippen molar-refractivity contribution in [3.05, 3.63) is 30.3 Å². The lowest BCUT2D eigenvalue weighted by Gasteiger charge is -2.00. The van der Waals surface area contributed by atoms with Crippen molar-refractivity contribution in [1.29, 1.82) is 0 Å². The lowest BCUT2D eigenvalue weighted by atomic mass is 10.4. The van der Waals surface area contributed by atoms with E-state index in [1.807, 2.05) is 25.3 Å². The number of imidazole rings is 1. The molecule has 0 aromatic carbocycles. The van der Waals surface area contributed by atoms with Gasteiger partial charge in [-0.05, 0) is 26.0 Å². The molecule has 68 valence electrons. The molecule has 2 aromatic rings. The van der Waals surface area contributed by atoms with Crippen LogP contribution < -0.4 is 0 Å². The number of aryl methyl sites for hydroxylation is 2. The van der Waals surface area contributed by atoms with E-state index in [0.717, 1.165) is 23.9 Å². The highest BCUT2D eigenvalue weighted by atomic mass is 16.3. The van der Waals surface area contributed by atoms with E-state index in [-0.39, 0.29) is 0 Å². The Balaban J connectivity index is 2.45. The second kappa shape index (κ2) is 3.09. The molecule has 0 atom stereocenters. The molecule has 0 aliphatic carbocycles. The number of rotatable bonds is 2. The van der Waals surface area contributed by atoms with Crippen molar-refractivity contribution in [3.63, 3.8) is 0 Å². The molecular weight excluding hydrogens is 164 g/mol. The summed E-state index contributed by atoms with van der Waals surface area (Å²) in [4.78, 5) is 4.24. The van der Waals surface area contributed by atoms with E-state index in [2.05, 4.69) is 16.5 Å². The highest BCUT2D eigenvalue weighted by Crippen LogP contribution is 2.19. The summed E-state index contributed by atoms with van der Waals surface area (Å²) in [5.74, 6) is 2.65. The molecule has 0 radical (unpaired) electrons. The predicted molar refractivity (Wildman–Crippen MR) is 50.3 cm³/mol. The van der Waals surface area contributed by atoms with E-state index >= 15 is 0 Å². The zero-order chi connectivity index (χ0) is 9.26. The number of hydrogen-bond donors (Lipinski definition) is 0. The van der Waals surface area contributed by atoms with Gasteiger partial charge in [0.2, 0.25) is 0 Å². The van der Waals surface area contributed by atoms with Crippen molar-refractivity contribution in [2.75, 3.05) is 0 Å². The van der Waals surface area contributed by atoms with Crippen LogP contribution in [0.2, 0.25) is 0 Å². The first-order chi connectivity index (χ1) is 6.31. The number of nitrogens with zero attached hydrogens (tertiary/aromatic N) is 2. The second-order valence-corrected chi connectivity index (χ2v) is 2.95. The third-order valence-electron chi connectivity index (χ3n) is 2.02. The van der Waals surface area contributed by atoms with Gasteiger partial charge in [0.05, 0.1) is 0 Å². The molecule has 0 spiro atoms. The van der Waals surface area contributed by atoms with Crippen LogP contribution in [-0.4, -0.2) is 9.55 Å². The summed E-state index contributed by atoms with van der Waals surface area (Å²) in [6.45, 7) is 4.93. The van der Waals surface area contributed by atoms with Gasteiger partial charge in [-0.2, -0.15) is 0 Å². The molecule has 3 heteroatoms. The SMILES string of the molecule is CCn1ccnc1-c1ccc(C)o1. The Morgan fingerprint density at radius 2 is 2.31 bits per heavy atom. The highest BCUT2D eigenvalue weighted by Gasteiger charge is 2.07. The minimum Gasteiger partial charge on any atom is -0.458 e. The van der Waals surface area contributed by atoms with Crippen molar-refractivity contribution in [3.8, 4) is 11.6 Å². The summed E-state index contributed by atoms with van der Waals surface area (Å²) >= 11 is 0. The van der Waals surface area contributed by atoms with E-state index in [1.54, 1.807) is 6.20 Å². The van der Waals surface area contributed by atoms with Crippen molar-refractivity contribution in [1.82, 2.24) is 9.55 Å². The fraction of sp³-hybridized carbons (Fsp3) is 0.300. The van der Waals surface area contributed by atoms with Gasteiger partial charge >= 0.3 is 0 Å². The largest absolute Gasteiger partial charge is 0.458 e. The van der Waals surface area contributed by atoms with Crippen molar-refractivity contribution in [2.45, 2.75) is 20.4 Å². The summed E-state index contributed by atoms with van der Waals surface area (Å²) in [6.07, 6.45) is 3.74. The van der Waals surface area contributed by atoms with Crippen LogP contribution in [0.15, 0.2) is 28.9 Å². The lowest BCUT2D eigenvalue weighted by molar-refractivity contribution is 0.539. The molecular formula is C10H12N2O. The number of furan rings is 1. The maximum absolute atomic E-state index is 5.49. The van der Waals surface area contributed by atoms with Crippen LogP contribution in [0.4, 0.5) is 0 Å². The molecule has 2 aromatic heterocycles. The molecule has 0 aliphatic heterocycles. The van der Waals surface area contributed by atoms with Crippen LogP contribution in [0.3, 0.4) is 0 Å². The third kappa shape index (κ3) is 1.37. The van der Waals surface area contributed by atoms with Gasteiger partial charge in [0.1, 0.15) is 5.76 Å². The molecule has 13 heavy (non-hydrogen) atoms. The standard InChI is InChI=1S/C10H12N2O/c1-3-12-7-6-11-10(12)9-5-4-8(2)13-9/h4-7H,3H2,1-2H3. The fourth-order valence-electron chi connectivity index (χ4n) is 1.34. The van der Waals surface area contributed by atoms with Gasteiger partial charge in [0, 0.05) is 18.9 Å². The van der Waals surface area contributed by atoms with Gasteiger partial charge in [-0.25, -0.2) is 4.98 Å². The Bertz CT molecular complexity index is 400. The maximum atomic E-state index is 5.49. The number of aromatic nitrogens is 2. The molecule has 0 saturated heterocycles. The Kier molecular flexibility index (Phi) is 1.93. The summed E-state index contributed by atoms with van der Waals surface area (Å²) < 4.78 is 7.54. The molecule has 0 N–H and O–H groups in total. The van der Waals surface area contributed by atoms with Crippen LogP contribution in [0.25, 0.3) is 11.6 Å². The van der Waals surface area contributed by atoms with Crippen molar-refractivity contribution in [2.24, 2.45) is 0 Å². The first-order valence-corrected chi connectivity index (χ1v) is 4.39. The van der Waals surface area contributed by atoms with Crippen LogP contribution in [0.5, 0.6) is 0 Å². The molecule has 0 saturated carbocycles. The van der Waals surface area contributed by atoms with Crippen molar-refractivity contribution >= 4 is 0 Å². The highest BCUT2D eigenvalue weighted by molar-refractivity contribution is 5.47. The van der Waals surface area contributed by atoms with E-state index in [9.17, 15) is 0 Å². The van der Waals surface area contributed by atoms with Crippen LogP contribution in [0, 0.1) is 6.92 Å². The Hall–Kier alpha value is -1.51. The van der Waals surface area contributed by atoms with E-state index in [0.29, 0.717) is 0 Å². The topological polar surface area (TPSA) is 31.0 Å². The quantitative estimate of drug-likeness (QED) is 0.703. The fourth-order valence-corrected chi connectivity index (χ4v) is 1.34. The summed E-state index contributed by atoms with van der Waals surface area (Å²) in [5.41, 5.74) is 0. The second-order valence-electron chi connectivity index (χ2n) is 2.95. The molecule has 2 rings (SSSR count). The van der Waals surface area contributed by atoms with Gasteiger partial charge < -0.3 is 8.98 Å². The van der Waals surface area contributed by atoms with Crippen molar-refractivity contribution < 1.29 is 4.42 Å². The third-order valence-corrected chi connectivity index (χ3v) is 2.02. The zero-order valence-corrected chi connectivity index (χ0v) is 7.82. The zero-order valence-electron chi connectivity index (χ0n) is 7.82. The number of hydrogen-bond acceptors (Lipinski definition) is 2. The average molecular weight is 176 g/mol. The summed E-state index contributed by atoms with van der Waals surface area (Å²) in [6, 6.07) is 3.90. The minimum atomic E-state index is 0.837. The first-order valence-electron chi connectivity index (χ1n) is 4.39. The van der Waals surface area contributed by atoms with Crippen LogP contribution >= 0.6 is 0 Å². The molecule has 0 fully saturated rings. The van der Waals surface area contributed by atoms with Crippen LogP contribution in [0.1, 0.15) is 12.7 Å². The van der Waals surface area contributed by atoms with Gasteiger partial charge in [-0.1, -0.05) is 0 Å². The van der Waals surface area contributed by atoms with E-state index in [4.69, 9.17) is 4.42 Å². The molecule has 0 amide bonds. The normalized spacial score (nSPS) is 10.6. The molecule has 2 heterocycles. The predicted octanol–water partition coefficient (Wildman–Crippen LogP) is 2.47. The van der Waals surface area contributed by atoms with Gasteiger partial charge in [-0.3, -0.25) is 0 Å². The summed E-state index contributed by atoms with van der Waals surface area (Å²) in [5, 5.41) is 0.